The van der Waals surface area contributed by atoms with Crippen molar-refractivity contribution in [3.8, 4) is 0 Å². The molecule has 0 aliphatic carbocycles. The number of carbonyl (C=O) groups is 3. The minimum atomic E-state index is -0.241. The standard InChI is InChI=1S/C4H9NO.2C3H6O/c1-3(2)4(5)6;2*1-3(2)4/h3H,1-2H3,(H2,5,6);2*1-2H3. The summed E-state index contributed by atoms with van der Waals surface area (Å²) in [6.45, 7) is 9.64. The molecule has 0 rings (SSSR count). The molecule has 0 aliphatic heterocycles. The van der Waals surface area contributed by atoms with Gasteiger partial charge >= 0.3 is 0 Å². The fraction of sp³-hybridized carbons (Fsp3) is 0.700. The van der Waals surface area contributed by atoms with E-state index < -0.39 is 0 Å². The molecule has 84 valence electrons. The molecule has 0 heterocycles. The second-order valence-electron chi connectivity index (χ2n) is 3.37. The number of hydrogen-bond acceptors (Lipinski definition) is 3. The van der Waals surface area contributed by atoms with Gasteiger partial charge in [-0.25, -0.2) is 0 Å². The molecule has 0 spiro atoms. The summed E-state index contributed by atoms with van der Waals surface area (Å²) in [4.78, 5) is 28.8. The Balaban J connectivity index is -0.000000135. The first kappa shape index (κ1) is 18.6. The molecule has 0 radical (unpaired) electrons. The average molecular weight is 203 g/mol. The van der Waals surface area contributed by atoms with Crippen LogP contribution < -0.4 is 5.73 Å². The first-order valence-corrected chi connectivity index (χ1v) is 4.34. The topological polar surface area (TPSA) is 77.2 Å². The van der Waals surface area contributed by atoms with Crippen LogP contribution in [0.5, 0.6) is 0 Å². The van der Waals surface area contributed by atoms with E-state index in [-0.39, 0.29) is 23.4 Å². The number of nitrogens with two attached hydrogens (primary N) is 1. The van der Waals surface area contributed by atoms with Crippen LogP contribution in [0.25, 0.3) is 0 Å². The van der Waals surface area contributed by atoms with Crippen LogP contribution in [0.1, 0.15) is 41.5 Å². The lowest BCUT2D eigenvalue weighted by atomic mass is 10.2. The van der Waals surface area contributed by atoms with E-state index in [9.17, 15) is 14.4 Å². The molecule has 2 N–H and O–H groups in total. The van der Waals surface area contributed by atoms with Crippen molar-refractivity contribution < 1.29 is 14.4 Å². The lowest BCUT2D eigenvalue weighted by Crippen LogP contribution is -2.17. The van der Waals surface area contributed by atoms with Crippen molar-refractivity contribution in [2.45, 2.75) is 41.5 Å². The van der Waals surface area contributed by atoms with E-state index in [0.717, 1.165) is 0 Å². The Morgan fingerprint density at radius 1 is 0.857 bits per heavy atom. The van der Waals surface area contributed by atoms with E-state index in [0.29, 0.717) is 0 Å². The highest BCUT2D eigenvalue weighted by Crippen LogP contribution is 1.84. The van der Waals surface area contributed by atoms with Gasteiger partial charge in [-0.05, 0) is 27.7 Å². The van der Waals surface area contributed by atoms with E-state index in [1.165, 1.54) is 27.7 Å². The second kappa shape index (κ2) is 11.8. The first-order chi connectivity index (χ1) is 6.11. The van der Waals surface area contributed by atoms with Crippen molar-refractivity contribution in [2.24, 2.45) is 11.7 Å². The lowest BCUT2D eigenvalue weighted by Gasteiger charge is -1.90. The molecule has 0 saturated carbocycles. The average Bonchev–Trinajstić information content (AvgIpc) is 1.83. The van der Waals surface area contributed by atoms with Crippen molar-refractivity contribution in [1.29, 1.82) is 0 Å². The highest BCUT2D eigenvalue weighted by atomic mass is 16.1. The van der Waals surface area contributed by atoms with E-state index >= 15 is 0 Å². The summed E-state index contributed by atoms with van der Waals surface area (Å²) in [7, 11) is 0. The predicted octanol–water partition coefficient (Wildman–Crippen LogP) is 1.32. The third kappa shape index (κ3) is 132. The molecule has 1 amide bonds. The SMILES string of the molecule is CC(C)=O.CC(C)=O.CC(C)C(N)=O. The predicted molar refractivity (Wildman–Crippen MR) is 56.7 cm³/mol. The zero-order chi connectivity index (χ0) is 12.3. The van der Waals surface area contributed by atoms with Gasteiger partial charge in [-0.1, -0.05) is 13.8 Å². The quantitative estimate of drug-likeness (QED) is 0.698. The molecule has 0 aliphatic rings. The van der Waals surface area contributed by atoms with Crippen molar-refractivity contribution in [1.82, 2.24) is 0 Å². The largest absolute Gasteiger partial charge is 0.369 e. The molecule has 0 bridgehead atoms. The molecular formula is C10H21NO3. The van der Waals surface area contributed by atoms with Gasteiger partial charge in [0.1, 0.15) is 11.6 Å². The van der Waals surface area contributed by atoms with Crippen molar-refractivity contribution in [3.05, 3.63) is 0 Å². The molecule has 0 fully saturated rings. The molecular weight excluding hydrogens is 182 g/mol. The van der Waals surface area contributed by atoms with Crippen LogP contribution in [0.3, 0.4) is 0 Å². The Morgan fingerprint density at radius 3 is 0.929 bits per heavy atom. The summed E-state index contributed by atoms with van der Waals surface area (Å²) in [6, 6.07) is 0. The van der Waals surface area contributed by atoms with Gasteiger partial charge in [-0.15, -0.1) is 0 Å². The number of Topliss-reactive ketones (excluding diaryl/α,β-unsaturated/α-hetero) is 2. The summed E-state index contributed by atoms with van der Waals surface area (Å²) >= 11 is 0. The molecule has 0 unspecified atom stereocenters. The number of carbonyl (C=O) groups excluding carboxylic acids is 3. The summed E-state index contributed by atoms with van der Waals surface area (Å²) in [5.41, 5.74) is 4.80. The van der Waals surface area contributed by atoms with Crippen molar-refractivity contribution in [2.75, 3.05) is 0 Å². The van der Waals surface area contributed by atoms with Crippen LogP contribution in [-0.4, -0.2) is 17.5 Å². The fourth-order valence-electron chi connectivity index (χ4n) is 0. The Morgan fingerprint density at radius 2 is 0.929 bits per heavy atom. The van der Waals surface area contributed by atoms with E-state index in [2.05, 4.69) is 0 Å². The number of rotatable bonds is 1. The maximum atomic E-state index is 9.92. The van der Waals surface area contributed by atoms with Gasteiger partial charge in [0.05, 0.1) is 0 Å². The minimum absolute atomic E-state index is 0.00926. The molecule has 0 atom stereocenters. The zero-order valence-corrected chi connectivity index (χ0v) is 9.88. The zero-order valence-electron chi connectivity index (χ0n) is 9.88. The molecule has 0 aromatic rings. The Labute approximate surface area is 85.9 Å². The molecule has 14 heavy (non-hydrogen) atoms. The molecule has 0 aromatic heterocycles. The summed E-state index contributed by atoms with van der Waals surface area (Å²) in [5, 5.41) is 0. The number of hydrogen-bond donors (Lipinski definition) is 1. The summed E-state index contributed by atoms with van der Waals surface area (Å²) in [6.07, 6.45) is 0. The Bertz CT molecular complexity index is 166. The molecule has 4 heteroatoms. The Hall–Kier alpha value is -1.19. The second-order valence-corrected chi connectivity index (χ2v) is 3.37. The van der Waals surface area contributed by atoms with Crippen LogP contribution in [-0.2, 0) is 14.4 Å². The normalized spacial score (nSPS) is 7.64. The van der Waals surface area contributed by atoms with Crippen LogP contribution in [0.15, 0.2) is 0 Å². The lowest BCUT2D eigenvalue weighted by molar-refractivity contribution is -0.121. The maximum Gasteiger partial charge on any atom is 0.219 e. The monoisotopic (exact) mass is 203 g/mol. The van der Waals surface area contributed by atoms with E-state index in [4.69, 9.17) is 5.73 Å². The van der Waals surface area contributed by atoms with Crippen LogP contribution in [0.2, 0.25) is 0 Å². The van der Waals surface area contributed by atoms with Crippen molar-refractivity contribution >= 4 is 17.5 Å². The summed E-state index contributed by atoms with van der Waals surface area (Å²) in [5.74, 6) is 0.0833. The molecule has 0 saturated heterocycles. The van der Waals surface area contributed by atoms with Crippen LogP contribution >= 0.6 is 0 Å². The van der Waals surface area contributed by atoms with Gasteiger partial charge < -0.3 is 15.3 Å². The van der Waals surface area contributed by atoms with Crippen LogP contribution in [0, 0.1) is 5.92 Å². The van der Waals surface area contributed by atoms with Gasteiger partial charge in [0, 0.05) is 5.92 Å². The van der Waals surface area contributed by atoms with Gasteiger partial charge in [-0.2, -0.15) is 0 Å². The van der Waals surface area contributed by atoms with Gasteiger partial charge in [0.25, 0.3) is 0 Å². The van der Waals surface area contributed by atoms with Crippen LogP contribution in [0.4, 0.5) is 0 Å². The highest BCUT2D eigenvalue weighted by Gasteiger charge is 1.96. The number of primary amides is 1. The Kier molecular flexibility index (Phi) is 15.7. The molecule has 0 aromatic carbocycles. The third-order valence-electron chi connectivity index (χ3n) is 0.569. The van der Waals surface area contributed by atoms with E-state index in [1.807, 2.05) is 0 Å². The highest BCUT2D eigenvalue weighted by molar-refractivity contribution is 5.75. The van der Waals surface area contributed by atoms with E-state index in [1.54, 1.807) is 13.8 Å². The van der Waals surface area contributed by atoms with Gasteiger partial charge in [0.15, 0.2) is 0 Å². The first-order valence-electron chi connectivity index (χ1n) is 4.34. The minimum Gasteiger partial charge on any atom is -0.369 e. The van der Waals surface area contributed by atoms with Gasteiger partial charge in [-0.3, -0.25) is 4.79 Å². The van der Waals surface area contributed by atoms with Gasteiger partial charge in [0.2, 0.25) is 5.91 Å². The fourth-order valence-corrected chi connectivity index (χ4v) is 0. The summed E-state index contributed by atoms with van der Waals surface area (Å²) < 4.78 is 0. The maximum absolute atomic E-state index is 9.92. The number of ketones is 2. The van der Waals surface area contributed by atoms with Crippen molar-refractivity contribution in [3.63, 3.8) is 0 Å². The third-order valence-corrected chi connectivity index (χ3v) is 0.569. The number of amides is 1. The molecule has 4 nitrogen and oxygen atoms in total. The smallest absolute Gasteiger partial charge is 0.219 e.